The summed E-state index contributed by atoms with van der Waals surface area (Å²) in [4.78, 5) is 2.71. The third-order valence-electron chi connectivity index (χ3n) is 3.67. The molecule has 0 aromatic carbocycles. The second-order valence-electron chi connectivity index (χ2n) is 5.17. The van der Waals surface area contributed by atoms with Crippen LogP contribution >= 0.6 is 0 Å². The summed E-state index contributed by atoms with van der Waals surface area (Å²) in [6.45, 7) is 13.0. The van der Waals surface area contributed by atoms with Crippen LogP contribution in [0.4, 0.5) is 0 Å². The monoisotopic (exact) mass is 212 g/mol. The van der Waals surface area contributed by atoms with Crippen molar-refractivity contribution in [3.8, 4) is 0 Å². The summed E-state index contributed by atoms with van der Waals surface area (Å²) >= 11 is 0. The first-order valence-corrected chi connectivity index (χ1v) is 6.64. The molecule has 2 heteroatoms. The number of hydrogen-bond acceptors (Lipinski definition) is 2. The molecule has 1 rings (SSSR count). The van der Waals surface area contributed by atoms with Gasteiger partial charge in [0, 0.05) is 18.6 Å². The van der Waals surface area contributed by atoms with Crippen molar-refractivity contribution in [1.29, 1.82) is 0 Å². The van der Waals surface area contributed by atoms with Gasteiger partial charge in [0.2, 0.25) is 0 Å². The first kappa shape index (κ1) is 13.0. The van der Waals surface area contributed by atoms with E-state index in [-0.39, 0.29) is 0 Å². The van der Waals surface area contributed by atoms with Crippen LogP contribution in [0.3, 0.4) is 0 Å². The van der Waals surface area contributed by atoms with E-state index in [0.29, 0.717) is 6.04 Å². The Hall–Kier alpha value is -0.0800. The van der Waals surface area contributed by atoms with Gasteiger partial charge in [0.05, 0.1) is 0 Å². The summed E-state index contributed by atoms with van der Waals surface area (Å²) in [5, 5.41) is 3.60. The van der Waals surface area contributed by atoms with Crippen LogP contribution in [0, 0.1) is 5.92 Å². The Kier molecular flexibility index (Phi) is 5.62. The van der Waals surface area contributed by atoms with Crippen LogP contribution in [0.1, 0.15) is 47.0 Å². The van der Waals surface area contributed by atoms with Gasteiger partial charge in [-0.25, -0.2) is 0 Å². The van der Waals surface area contributed by atoms with E-state index in [1.54, 1.807) is 0 Å². The molecule has 0 aromatic heterocycles. The average molecular weight is 212 g/mol. The van der Waals surface area contributed by atoms with Gasteiger partial charge in [-0.15, -0.1) is 0 Å². The topological polar surface area (TPSA) is 15.3 Å². The predicted octanol–water partition coefficient (Wildman–Crippen LogP) is 2.49. The van der Waals surface area contributed by atoms with Gasteiger partial charge in [0.1, 0.15) is 0 Å². The molecule has 0 bridgehead atoms. The molecule has 0 radical (unpaired) electrons. The standard InChI is InChI=1S/C13H28N2/c1-5-13(6-2)15-8-7-12(4)14-9-11(3)10-15/h11-14H,5-10H2,1-4H3. The molecular formula is C13H28N2. The smallest absolute Gasteiger partial charge is 0.00901 e. The largest absolute Gasteiger partial charge is 0.314 e. The number of nitrogens with zero attached hydrogens (tertiary/aromatic N) is 1. The zero-order valence-electron chi connectivity index (χ0n) is 10.9. The van der Waals surface area contributed by atoms with Gasteiger partial charge in [-0.1, -0.05) is 20.8 Å². The number of hydrogen-bond donors (Lipinski definition) is 1. The van der Waals surface area contributed by atoms with E-state index in [0.717, 1.165) is 12.0 Å². The lowest BCUT2D eigenvalue weighted by Gasteiger charge is -2.36. The molecule has 90 valence electrons. The highest BCUT2D eigenvalue weighted by atomic mass is 15.2. The van der Waals surface area contributed by atoms with Crippen molar-refractivity contribution in [3.05, 3.63) is 0 Å². The molecule has 0 aliphatic carbocycles. The lowest BCUT2D eigenvalue weighted by Crippen LogP contribution is -2.46. The molecule has 1 aliphatic heterocycles. The fourth-order valence-electron chi connectivity index (χ4n) is 2.56. The van der Waals surface area contributed by atoms with Gasteiger partial charge in [0.15, 0.2) is 0 Å². The van der Waals surface area contributed by atoms with Crippen molar-refractivity contribution in [2.24, 2.45) is 5.92 Å². The Bertz CT molecular complexity index is 166. The maximum Gasteiger partial charge on any atom is 0.00901 e. The third-order valence-corrected chi connectivity index (χ3v) is 3.67. The average Bonchev–Trinajstić information content (AvgIpc) is 2.22. The summed E-state index contributed by atoms with van der Waals surface area (Å²) < 4.78 is 0. The van der Waals surface area contributed by atoms with Crippen LogP contribution in [-0.2, 0) is 0 Å². The maximum absolute atomic E-state index is 3.60. The van der Waals surface area contributed by atoms with Crippen LogP contribution in [0.5, 0.6) is 0 Å². The zero-order chi connectivity index (χ0) is 11.3. The minimum atomic E-state index is 0.685. The van der Waals surface area contributed by atoms with Gasteiger partial charge in [-0.3, -0.25) is 0 Å². The Morgan fingerprint density at radius 3 is 2.53 bits per heavy atom. The van der Waals surface area contributed by atoms with Gasteiger partial charge >= 0.3 is 0 Å². The summed E-state index contributed by atoms with van der Waals surface area (Å²) in [6.07, 6.45) is 3.89. The minimum absolute atomic E-state index is 0.685. The molecule has 2 unspecified atom stereocenters. The van der Waals surface area contributed by atoms with Crippen molar-refractivity contribution in [2.45, 2.75) is 59.0 Å². The summed E-state index contributed by atoms with van der Waals surface area (Å²) in [5.41, 5.74) is 0. The fourth-order valence-corrected chi connectivity index (χ4v) is 2.56. The lowest BCUT2D eigenvalue weighted by atomic mass is 10.0. The molecular weight excluding hydrogens is 184 g/mol. The molecule has 2 nitrogen and oxygen atoms in total. The van der Waals surface area contributed by atoms with Crippen molar-refractivity contribution < 1.29 is 0 Å². The highest BCUT2D eigenvalue weighted by molar-refractivity contribution is 4.77. The van der Waals surface area contributed by atoms with Crippen LogP contribution in [0.25, 0.3) is 0 Å². The first-order chi connectivity index (χ1) is 7.17. The first-order valence-electron chi connectivity index (χ1n) is 6.64. The van der Waals surface area contributed by atoms with E-state index in [1.807, 2.05) is 0 Å². The lowest BCUT2D eigenvalue weighted by molar-refractivity contribution is 0.140. The summed E-state index contributed by atoms with van der Waals surface area (Å²) in [7, 11) is 0. The van der Waals surface area contributed by atoms with E-state index < -0.39 is 0 Å². The molecule has 0 saturated carbocycles. The Morgan fingerprint density at radius 1 is 1.27 bits per heavy atom. The van der Waals surface area contributed by atoms with Crippen LogP contribution in [0.2, 0.25) is 0 Å². The van der Waals surface area contributed by atoms with Crippen LogP contribution < -0.4 is 5.32 Å². The van der Waals surface area contributed by atoms with Crippen molar-refractivity contribution in [3.63, 3.8) is 0 Å². The zero-order valence-corrected chi connectivity index (χ0v) is 10.9. The summed E-state index contributed by atoms with van der Waals surface area (Å²) in [5.74, 6) is 0.786. The predicted molar refractivity (Wildman–Crippen MR) is 67.2 cm³/mol. The van der Waals surface area contributed by atoms with Gasteiger partial charge in [-0.2, -0.15) is 0 Å². The molecule has 2 atom stereocenters. The van der Waals surface area contributed by atoms with Crippen molar-refractivity contribution >= 4 is 0 Å². The molecule has 1 fully saturated rings. The quantitative estimate of drug-likeness (QED) is 0.773. The second-order valence-corrected chi connectivity index (χ2v) is 5.17. The maximum atomic E-state index is 3.60. The summed E-state index contributed by atoms with van der Waals surface area (Å²) in [6, 6.07) is 1.49. The van der Waals surface area contributed by atoms with Gasteiger partial charge in [0.25, 0.3) is 0 Å². The molecule has 1 N–H and O–H groups in total. The van der Waals surface area contributed by atoms with Gasteiger partial charge < -0.3 is 10.2 Å². The Balaban J connectivity index is 2.53. The normalized spacial score (nSPS) is 30.2. The van der Waals surface area contributed by atoms with Crippen molar-refractivity contribution in [2.75, 3.05) is 19.6 Å². The third kappa shape index (κ3) is 4.12. The molecule has 15 heavy (non-hydrogen) atoms. The fraction of sp³-hybridized carbons (Fsp3) is 1.00. The van der Waals surface area contributed by atoms with Gasteiger partial charge in [-0.05, 0) is 45.2 Å². The molecule has 1 aliphatic rings. The SMILES string of the molecule is CCC(CC)N1CCC(C)NCC(C)C1. The number of nitrogens with one attached hydrogen (secondary N) is 1. The highest BCUT2D eigenvalue weighted by Gasteiger charge is 2.20. The molecule has 1 heterocycles. The highest BCUT2D eigenvalue weighted by Crippen LogP contribution is 2.14. The van der Waals surface area contributed by atoms with E-state index in [4.69, 9.17) is 0 Å². The van der Waals surface area contributed by atoms with E-state index in [2.05, 4.69) is 37.9 Å². The minimum Gasteiger partial charge on any atom is -0.314 e. The van der Waals surface area contributed by atoms with Crippen molar-refractivity contribution in [1.82, 2.24) is 10.2 Å². The Labute approximate surface area is 95.4 Å². The molecule has 1 saturated heterocycles. The Morgan fingerprint density at radius 2 is 1.93 bits per heavy atom. The molecule has 0 spiro atoms. The van der Waals surface area contributed by atoms with E-state index >= 15 is 0 Å². The van der Waals surface area contributed by atoms with E-state index in [1.165, 1.54) is 38.9 Å². The number of rotatable bonds is 3. The van der Waals surface area contributed by atoms with Crippen LogP contribution in [0.15, 0.2) is 0 Å². The molecule has 0 aromatic rings. The molecule has 0 amide bonds. The van der Waals surface area contributed by atoms with E-state index in [9.17, 15) is 0 Å². The van der Waals surface area contributed by atoms with Crippen LogP contribution in [-0.4, -0.2) is 36.6 Å². The second kappa shape index (κ2) is 6.49.